The second-order valence-electron chi connectivity index (χ2n) is 4.16. The molecule has 0 aliphatic carbocycles. The molecule has 1 rings (SSSR count). The third-order valence-electron chi connectivity index (χ3n) is 2.61. The molecule has 0 fully saturated rings. The lowest BCUT2D eigenvalue weighted by Gasteiger charge is -2.09. The number of ketones is 1. The molecule has 1 aromatic rings. The van der Waals surface area contributed by atoms with Crippen LogP contribution in [0.4, 0.5) is 5.69 Å². The fourth-order valence-electron chi connectivity index (χ4n) is 1.64. The minimum absolute atomic E-state index is 0.00962. The minimum atomic E-state index is -0.633. The van der Waals surface area contributed by atoms with Gasteiger partial charge in [-0.1, -0.05) is 6.92 Å². The highest BCUT2D eigenvalue weighted by molar-refractivity contribution is 6.17. The smallest absolute Gasteiger partial charge is 0.343 e. The maximum atomic E-state index is 12.0. The van der Waals surface area contributed by atoms with Gasteiger partial charge in [-0.05, 0) is 25.5 Å². The lowest BCUT2D eigenvalue weighted by molar-refractivity contribution is -0.140. The molecule has 0 aliphatic heterocycles. The van der Waals surface area contributed by atoms with Gasteiger partial charge in [0.15, 0.2) is 5.78 Å². The third-order valence-corrected chi connectivity index (χ3v) is 2.61. The summed E-state index contributed by atoms with van der Waals surface area (Å²) in [7, 11) is 1.49. The fraction of sp³-hybridized carbons (Fsp3) is 0.400. The van der Waals surface area contributed by atoms with E-state index in [0.29, 0.717) is 18.0 Å². The SMILES string of the molecule is CCCC(=O)/C(=C/Nc1cccnc1OC)C(=O)OCC. The van der Waals surface area contributed by atoms with Crippen LogP contribution in [0.1, 0.15) is 26.7 Å². The molecule has 0 aliphatic rings. The molecule has 114 valence electrons. The van der Waals surface area contributed by atoms with E-state index in [1.54, 1.807) is 25.3 Å². The van der Waals surface area contributed by atoms with Gasteiger partial charge in [-0.15, -0.1) is 0 Å². The van der Waals surface area contributed by atoms with E-state index in [-0.39, 0.29) is 24.4 Å². The lowest BCUT2D eigenvalue weighted by Crippen LogP contribution is -2.17. The average molecular weight is 292 g/mol. The van der Waals surface area contributed by atoms with E-state index in [2.05, 4.69) is 10.3 Å². The van der Waals surface area contributed by atoms with Gasteiger partial charge in [0.05, 0.1) is 13.7 Å². The van der Waals surface area contributed by atoms with Crippen LogP contribution in [-0.4, -0.2) is 30.5 Å². The summed E-state index contributed by atoms with van der Waals surface area (Å²) in [5.41, 5.74) is 0.552. The van der Waals surface area contributed by atoms with Gasteiger partial charge in [0.25, 0.3) is 0 Å². The highest BCUT2D eigenvalue weighted by Crippen LogP contribution is 2.20. The predicted molar refractivity (Wildman–Crippen MR) is 79.0 cm³/mol. The van der Waals surface area contributed by atoms with Crippen molar-refractivity contribution in [3.63, 3.8) is 0 Å². The summed E-state index contributed by atoms with van der Waals surface area (Å²) in [4.78, 5) is 27.8. The van der Waals surface area contributed by atoms with Crippen molar-refractivity contribution in [1.29, 1.82) is 0 Å². The molecule has 0 aromatic carbocycles. The Hall–Kier alpha value is -2.37. The number of esters is 1. The van der Waals surface area contributed by atoms with Crippen LogP contribution in [0.3, 0.4) is 0 Å². The number of anilines is 1. The van der Waals surface area contributed by atoms with Crippen LogP contribution in [0, 0.1) is 0 Å². The normalized spacial score (nSPS) is 10.9. The van der Waals surface area contributed by atoms with Crippen LogP contribution < -0.4 is 10.1 Å². The molecule has 0 saturated carbocycles. The molecule has 0 amide bonds. The zero-order valence-corrected chi connectivity index (χ0v) is 12.5. The van der Waals surface area contributed by atoms with Gasteiger partial charge in [0.2, 0.25) is 5.88 Å². The highest BCUT2D eigenvalue weighted by Gasteiger charge is 2.18. The van der Waals surface area contributed by atoms with Gasteiger partial charge in [0, 0.05) is 18.8 Å². The molecule has 1 N–H and O–H groups in total. The Morgan fingerprint density at radius 1 is 1.38 bits per heavy atom. The first-order valence-corrected chi connectivity index (χ1v) is 6.80. The Kier molecular flexibility index (Phi) is 6.94. The third kappa shape index (κ3) is 4.91. The first-order valence-electron chi connectivity index (χ1n) is 6.80. The summed E-state index contributed by atoms with van der Waals surface area (Å²) in [5.74, 6) is -0.516. The number of hydrogen-bond donors (Lipinski definition) is 1. The number of Topliss-reactive ketones (excluding diaryl/α,β-unsaturated/α-hetero) is 1. The van der Waals surface area contributed by atoms with Gasteiger partial charge >= 0.3 is 5.97 Å². The number of rotatable bonds is 8. The molecule has 21 heavy (non-hydrogen) atoms. The number of pyridine rings is 1. The summed E-state index contributed by atoms with van der Waals surface area (Å²) in [5, 5.41) is 2.87. The van der Waals surface area contributed by atoms with Crippen LogP contribution in [0.5, 0.6) is 5.88 Å². The molecule has 1 aromatic heterocycles. The first-order chi connectivity index (χ1) is 10.1. The maximum Gasteiger partial charge on any atom is 0.343 e. The number of carbonyl (C=O) groups is 2. The summed E-state index contributed by atoms with van der Waals surface area (Å²) >= 11 is 0. The van der Waals surface area contributed by atoms with Crippen molar-refractivity contribution >= 4 is 17.4 Å². The van der Waals surface area contributed by atoms with Crippen molar-refractivity contribution in [2.24, 2.45) is 0 Å². The second-order valence-corrected chi connectivity index (χ2v) is 4.16. The van der Waals surface area contributed by atoms with Gasteiger partial charge in [-0.25, -0.2) is 9.78 Å². The van der Waals surface area contributed by atoms with Gasteiger partial charge in [-0.3, -0.25) is 4.79 Å². The monoisotopic (exact) mass is 292 g/mol. The summed E-state index contributed by atoms with van der Waals surface area (Å²) in [6.45, 7) is 3.78. The topological polar surface area (TPSA) is 77.5 Å². The number of aromatic nitrogens is 1. The van der Waals surface area contributed by atoms with Crippen molar-refractivity contribution in [2.45, 2.75) is 26.7 Å². The number of methoxy groups -OCH3 is 1. The number of carbonyl (C=O) groups excluding carboxylic acids is 2. The molecule has 1 heterocycles. The van der Waals surface area contributed by atoms with Crippen LogP contribution in [0.25, 0.3) is 0 Å². The largest absolute Gasteiger partial charge is 0.480 e. The van der Waals surface area contributed by atoms with Crippen LogP contribution >= 0.6 is 0 Å². The number of nitrogens with one attached hydrogen (secondary N) is 1. The van der Waals surface area contributed by atoms with Crippen molar-refractivity contribution < 1.29 is 19.1 Å². The number of hydrogen-bond acceptors (Lipinski definition) is 6. The van der Waals surface area contributed by atoms with Gasteiger partial charge in [0.1, 0.15) is 11.3 Å². The summed E-state index contributed by atoms with van der Waals surface area (Å²) in [6, 6.07) is 3.45. The zero-order chi connectivity index (χ0) is 15.7. The van der Waals surface area contributed by atoms with Crippen molar-refractivity contribution in [3.8, 4) is 5.88 Å². The molecule has 0 radical (unpaired) electrons. The molecule has 0 bridgehead atoms. The van der Waals surface area contributed by atoms with E-state index in [4.69, 9.17) is 9.47 Å². The molecule has 0 unspecified atom stereocenters. The van der Waals surface area contributed by atoms with Crippen LogP contribution in [0.2, 0.25) is 0 Å². The molecule has 0 saturated heterocycles. The maximum absolute atomic E-state index is 12.0. The zero-order valence-electron chi connectivity index (χ0n) is 12.5. The van der Waals surface area contributed by atoms with E-state index in [1.165, 1.54) is 13.3 Å². The van der Waals surface area contributed by atoms with E-state index in [0.717, 1.165) is 0 Å². The summed E-state index contributed by atoms with van der Waals surface area (Å²) < 4.78 is 9.99. The average Bonchev–Trinajstić information content (AvgIpc) is 2.48. The quantitative estimate of drug-likeness (QED) is 0.343. The Morgan fingerprint density at radius 2 is 2.14 bits per heavy atom. The molecule has 0 atom stereocenters. The van der Waals surface area contributed by atoms with Crippen molar-refractivity contribution in [3.05, 3.63) is 30.1 Å². The second kappa shape index (κ2) is 8.73. The van der Waals surface area contributed by atoms with E-state index < -0.39 is 5.97 Å². The Morgan fingerprint density at radius 3 is 2.76 bits per heavy atom. The lowest BCUT2D eigenvalue weighted by atomic mass is 10.1. The Bertz CT molecular complexity index is 506. The molecular weight excluding hydrogens is 272 g/mol. The van der Waals surface area contributed by atoms with Crippen LogP contribution in [0.15, 0.2) is 30.1 Å². The Labute approximate surface area is 124 Å². The van der Waals surface area contributed by atoms with Crippen molar-refractivity contribution in [2.75, 3.05) is 19.0 Å². The molecule has 6 heteroatoms. The molecule has 0 spiro atoms. The fourth-order valence-corrected chi connectivity index (χ4v) is 1.64. The van der Waals surface area contributed by atoms with Gasteiger partial charge in [-0.2, -0.15) is 0 Å². The predicted octanol–water partition coefficient (Wildman–Crippen LogP) is 2.32. The van der Waals surface area contributed by atoms with E-state index in [1.807, 2.05) is 6.92 Å². The summed E-state index contributed by atoms with van der Waals surface area (Å²) in [6.07, 6.45) is 3.88. The van der Waals surface area contributed by atoms with Crippen LogP contribution in [-0.2, 0) is 14.3 Å². The number of ether oxygens (including phenoxy) is 2. The minimum Gasteiger partial charge on any atom is -0.480 e. The highest BCUT2D eigenvalue weighted by atomic mass is 16.5. The van der Waals surface area contributed by atoms with E-state index in [9.17, 15) is 9.59 Å². The van der Waals surface area contributed by atoms with Crippen molar-refractivity contribution in [1.82, 2.24) is 4.98 Å². The molecular formula is C15H20N2O4. The van der Waals surface area contributed by atoms with Gasteiger partial charge < -0.3 is 14.8 Å². The van der Waals surface area contributed by atoms with E-state index >= 15 is 0 Å². The first kappa shape index (κ1) is 16.7. The Balaban J connectivity index is 2.97. The standard InChI is InChI=1S/C15H20N2O4/c1-4-7-13(18)11(15(19)21-5-2)10-17-12-8-6-9-16-14(12)20-3/h6,8-10,17H,4-5,7H2,1-3H3/b11-10-. The molecule has 6 nitrogen and oxygen atoms in total. The number of nitrogens with zero attached hydrogens (tertiary/aromatic N) is 1.